The number of anilines is 1. The minimum absolute atomic E-state index is 0.0484. The Morgan fingerprint density at radius 3 is 2.65 bits per heavy atom. The summed E-state index contributed by atoms with van der Waals surface area (Å²) >= 11 is 5.97. The van der Waals surface area contributed by atoms with Gasteiger partial charge in [-0.05, 0) is 56.2 Å². The molecule has 0 aliphatic carbocycles. The lowest BCUT2D eigenvalue weighted by Gasteiger charge is -2.24. The molecule has 0 aliphatic rings. The van der Waals surface area contributed by atoms with E-state index in [0.29, 0.717) is 5.02 Å². The number of nitrogens with one attached hydrogen (secondary N) is 2. The normalized spacial score (nSPS) is 11.7. The van der Waals surface area contributed by atoms with Crippen LogP contribution in [0.15, 0.2) is 48.7 Å². The van der Waals surface area contributed by atoms with E-state index in [0.717, 1.165) is 27.7 Å². The topological polar surface area (TPSA) is 44.9 Å². The number of amides is 1. The van der Waals surface area contributed by atoms with Crippen molar-refractivity contribution in [3.05, 3.63) is 64.8 Å². The van der Waals surface area contributed by atoms with Gasteiger partial charge >= 0.3 is 0 Å². The second-order valence-electron chi connectivity index (χ2n) is 6.29. The summed E-state index contributed by atoms with van der Waals surface area (Å²) in [5.41, 5.74) is 3.09. The van der Waals surface area contributed by atoms with E-state index in [9.17, 15) is 4.79 Å². The zero-order chi connectivity index (χ0) is 16.6. The summed E-state index contributed by atoms with van der Waals surface area (Å²) in [5, 5.41) is 4.75. The highest BCUT2D eigenvalue weighted by molar-refractivity contribution is 6.30. The molecule has 4 heteroatoms. The van der Waals surface area contributed by atoms with Crippen LogP contribution in [0.1, 0.15) is 25.0 Å². The highest BCUT2D eigenvalue weighted by Gasteiger charge is 2.32. The number of fused-ring (bicyclic) bond motifs is 1. The minimum atomic E-state index is -0.661. The Balaban J connectivity index is 1.94. The number of benzene rings is 2. The van der Waals surface area contributed by atoms with Crippen LogP contribution in [0.3, 0.4) is 0 Å². The smallest absolute Gasteiger partial charge is 0.234 e. The van der Waals surface area contributed by atoms with Crippen molar-refractivity contribution in [1.29, 1.82) is 0 Å². The monoisotopic (exact) mass is 326 g/mol. The molecule has 0 atom stereocenters. The first-order valence-corrected chi connectivity index (χ1v) is 7.91. The summed E-state index contributed by atoms with van der Waals surface area (Å²) in [6, 6.07) is 13.5. The minimum Gasteiger partial charge on any atom is -0.361 e. The van der Waals surface area contributed by atoms with Crippen molar-refractivity contribution in [2.24, 2.45) is 0 Å². The molecule has 2 aromatic carbocycles. The van der Waals surface area contributed by atoms with Crippen molar-refractivity contribution < 1.29 is 4.79 Å². The first-order chi connectivity index (χ1) is 10.9. The molecule has 3 nitrogen and oxygen atoms in total. The molecular formula is C19H19ClN2O. The first-order valence-electron chi connectivity index (χ1n) is 7.54. The predicted molar refractivity (Wildman–Crippen MR) is 96.1 cm³/mol. The van der Waals surface area contributed by atoms with Crippen LogP contribution in [0.4, 0.5) is 5.69 Å². The van der Waals surface area contributed by atoms with Crippen molar-refractivity contribution in [2.45, 2.75) is 26.2 Å². The van der Waals surface area contributed by atoms with E-state index in [1.165, 1.54) is 0 Å². The van der Waals surface area contributed by atoms with Crippen LogP contribution < -0.4 is 5.32 Å². The summed E-state index contributed by atoms with van der Waals surface area (Å²) in [6.07, 6.45) is 1.92. The van der Waals surface area contributed by atoms with E-state index in [2.05, 4.69) is 10.3 Å². The van der Waals surface area contributed by atoms with Crippen molar-refractivity contribution >= 4 is 34.1 Å². The number of halogens is 1. The van der Waals surface area contributed by atoms with Crippen molar-refractivity contribution in [1.82, 2.24) is 4.98 Å². The number of H-pyrrole nitrogens is 1. The summed E-state index contributed by atoms with van der Waals surface area (Å²) in [4.78, 5) is 16.1. The average molecular weight is 327 g/mol. The quantitative estimate of drug-likeness (QED) is 0.695. The molecule has 0 spiro atoms. The molecule has 1 aromatic heterocycles. The number of hydrogen-bond acceptors (Lipinski definition) is 1. The number of aromatic nitrogens is 1. The van der Waals surface area contributed by atoms with Gasteiger partial charge in [0.05, 0.1) is 5.41 Å². The van der Waals surface area contributed by atoms with Crippen LogP contribution in [-0.2, 0) is 10.2 Å². The van der Waals surface area contributed by atoms with Gasteiger partial charge in [-0.3, -0.25) is 4.79 Å². The first kappa shape index (κ1) is 15.6. The maximum Gasteiger partial charge on any atom is 0.234 e. The summed E-state index contributed by atoms with van der Waals surface area (Å²) in [7, 11) is 0. The number of para-hydroxylation sites is 1. The summed E-state index contributed by atoms with van der Waals surface area (Å²) < 4.78 is 0. The Hall–Kier alpha value is -2.26. The molecule has 0 saturated carbocycles. The van der Waals surface area contributed by atoms with E-state index in [1.807, 2.05) is 63.4 Å². The van der Waals surface area contributed by atoms with Gasteiger partial charge in [-0.2, -0.15) is 0 Å². The number of carbonyl (C=O) groups excluding carboxylic acids is 1. The molecule has 2 N–H and O–H groups in total. The van der Waals surface area contributed by atoms with Gasteiger partial charge in [-0.15, -0.1) is 0 Å². The van der Waals surface area contributed by atoms with E-state index in [1.54, 1.807) is 6.07 Å². The Kier molecular flexibility index (Phi) is 3.90. The molecule has 1 amide bonds. The van der Waals surface area contributed by atoms with Gasteiger partial charge in [-0.25, -0.2) is 0 Å². The van der Waals surface area contributed by atoms with Crippen LogP contribution >= 0.6 is 11.6 Å². The molecule has 23 heavy (non-hydrogen) atoms. The maximum absolute atomic E-state index is 12.9. The molecule has 0 fully saturated rings. The predicted octanol–water partition coefficient (Wildman–Crippen LogP) is 5.05. The number of aromatic amines is 1. The van der Waals surface area contributed by atoms with Crippen molar-refractivity contribution in [2.75, 3.05) is 5.32 Å². The van der Waals surface area contributed by atoms with Crippen molar-refractivity contribution in [3.8, 4) is 0 Å². The van der Waals surface area contributed by atoms with Gasteiger partial charge in [0.15, 0.2) is 0 Å². The van der Waals surface area contributed by atoms with Gasteiger partial charge in [-0.1, -0.05) is 29.8 Å². The molecular weight excluding hydrogens is 308 g/mol. The van der Waals surface area contributed by atoms with E-state index in [4.69, 9.17) is 11.6 Å². The van der Waals surface area contributed by atoms with Crippen LogP contribution in [0, 0.1) is 6.92 Å². The number of rotatable bonds is 3. The lowest BCUT2D eigenvalue weighted by Crippen LogP contribution is -2.34. The standard InChI is InChI=1S/C19H19ClN2O/c1-12-10-13(20)8-9-16(12)22-18(23)19(2,3)15-11-21-17-7-5-4-6-14(15)17/h4-11,21H,1-3H3,(H,22,23). The zero-order valence-corrected chi connectivity index (χ0v) is 14.2. The SMILES string of the molecule is Cc1cc(Cl)ccc1NC(=O)C(C)(C)c1c[nH]c2ccccc12. The van der Waals surface area contributed by atoms with Crippen molar-refractivity contribution in [3.63, 3.8) is 0 Å². The number of aryl methyl sites for hydroxylation is 1. The summed E-state index contributed by atoms with van der Waals surface area (Å²) in [6.45, 7) is 5.80. The van der Waals surface area contributed by atoms with Crippen LogP contribution in [0.25, 0.3) is 10.9 Å². The number of carbonyl (C=O) groups is 1. The fourth-order valence-corrected chi connectivity index (χ4v) is 2.98. The second kappa shape index (κ2) is 5.74. The van der Waals surface area contributed by atoms with Gasteiger partial charge in [0.25, 0.3) is 0 Å². The lowest BCUT2D eigenvalue weighted by molar-refractivity contribution is -0.120. The molecule has 0 bridgehead atoms. The van der Waals surface area contributed by atoms with Gasteiger partial charge in [0.2, 0.25) is 5.91 Å². The van der Waals surface area contributed by atoms with Crippen LogP contribution in [-0.4, -0.2) is 10.9 Å². The lowest BCUT2D eigenvalue weighted by atomic mass is 9.83. The average Bonchev–Trinajstić information content (AvgIpc) is 2.94. The maximum atomic E-state index is 12.9. The van der Waals surface area contributed by atoms with Crippen LogP contribution in [0.5, 0.6) is 0 Å². The highest BCUT2D eigenvalue weighted by atomic mass is 35.5. The zero-order valence-electron chi connectivity index (χ0n) is 13.4. The van der Waals surface area contributed by atoms with Gasteiger partial charge in [0, 0.05) is 27.8 Å². The Labute approximate surface area is 140 Å². The molecule has 0 saturated heterocycles. The van der Waals surface area contributed by atoms with E-state index >= 15 is 0 Å². The molecule has 118 valence electrons. The number of hydrogen-bond donors (Lipinski definition) is 2. The van der Waals surface area contributed by atoms with E-state index in [-0.39, 0.29) is 5.91 Å². The third-order valence-corrected chi connectivity index (χ3v) is 4.50. The largest absolute Gasteiger partial charge is 0.361 e. The Morgan fingerprint density at radius 2 is 1.91 bits per heavy atom. The Morgan fingerprint density at radius 1 is 1.17 bits per heavy atom. The van der Waals surface area contributed by atoms with Gasteiger partial charge in [0.1, 0.15) is 0 Å². The third kappa shape index (κ3) is 2.84. The van der Waals surface area contributed by atoms with Crippen LogP contribution in [0.2, 0.25) is 5.02 Å². The molecule has 3 aromatic rings. The fraction of sp³-hybridized carbons (Fsp3) is 0.211. The van der Waals surface area contributed by atoms with Gasteiger partial charge < -0.3 is 10.3 Å². The molecule has 0 aliphatic heterocycles. The van der Waals surface area contributed by atoms with E-state index < -0.39 is 5.41 Å². The molecule has 0 radical (unpaired) electrons. The highest BCUT2D eigenvalue weighted by Crippen LogP contribution is 2.32. The fourth-order valence-electron chi connectivity index (χ4n) is 2.76. The molecule has 0 unspecified atom stereocenters. The summed E-state index contributed by atoms with van der Waals surface area (Å²) in [5.74, 6) is -0.0484. The third-order valence-electron chi connectivity index (χ3n) is 4.27. The molecule has 1 heterocycles. The second-order valence-corrected chi connectivity index (χ2v) is 6.72. The Bertz CT molecular complexity index is 880. The molecule has 3 rings (SSSR count).